The molecule has 94 valence electrons. The van der Waals surface area contributed by atoms with Gasteiger partial charge in [-0.25, -0.2) is 0 Å². The monoisotopic (exact) mass is 234 g/mol. The molecule has 3 N–H and O–H groups in total. The van der Waals surface area contributed by atoms with Crippen molar-refractivity contribution in [1.29, 1.82) is 0 Å². The summed E-state index contributed by atoms with van der Waals surface area (Å²) >= 11 is 0. The van der Waals surface area contributed by atoms with Gasteiger partial charge in [-0.15, -0.1) is 0 Å². The summed E-state index contributed by atoms with van der Waals surface area (Å²) in [7, 11) is 0. The van der Waals surface area contributed by atoms with Crippen LogP contribution in [0.25, 0.3) is 0 Å². The first-order chi connectivity index (χ1) is 8.06. The van der Waals surface area contributed by atoms with Crippen molar-refractivity contribution in [1.82, 2.24) is 5.32 Å². The number of benzene rings is 1. The van der Waals surface area contributed by atoms with Crippen LogP contribution >= 0.6 is 0 Å². The van der Waals surface area contributed by atoms with E-state index in [2.05, 4.69) is 5.32 Å². The van der Waals surface area contributed by atoms with E-state index in [0.29, 0.717) is 0 Å². The van der Waals surface area contributed by atoms with Crippen molar-refractivity contribution < 1.29 is 4.79 Å². The van der Waals surface area contributed by atoms with Gasteiger partial charge in [0.1, 0.15) is 0 Å². The molecule has 0 aliphatic rings. The van der Waals surface area contributed by atoms with E-state index in [4.69, 9.17) is 5.73 Å². The molecule has 0 fully saturated rings. The molecule has 3 atom stereocenters. The smallest absolute Gasteiger partial charge is 0.237 e. The Bertz CT molecular complexity index is 350. The molecule has 2 unspecified atom stereocenters. The number of nitrogens with two attached hydrogens (primary N) is 1. The fourth-order valence-electron chi connectivity index (χ4n) is 1.65. The normalized spacial score (nSPS) is 16.0. The van der Waals surface area contributed by atoms with Crippen LogP contribution in [0.5, 0.6) is 0 Å². The third-order valence-electron chi connectivity index (χ3n) is 3.22. The number of hydrogen-bond donors (Lipinski definition) is 2. The number of amides is 1. The fraction of sp³-hybridized carbons (Fsp3) is 0.500. The van der Waals surface area contributed by atoms with E-state index in [9.17, 15) is 4.79 Å². The van der Waals surface area contributed by atoms with Gasteiger partial charge in [0.05, 0.1) is 12.1 Å². The van der Waals surface area contributed by atoms with Crippen molar-refractivity contribution in [2.45, 2.75) is 39.3 Å². The van der Waals surface area contributed by atoms with Gasteiger partial charge in [-0.05, 0) is 18.4 Å². The minimum Gasteiger partial charge on any atom is -0.348 e. The summed E-state index contributed by atoms with van der Waals surface area (Å²) in [6, 6.07) is 9.46. The zero-order valence-electron chi connectivity index (χ0n) is 10.8. The van der Waals surface area contributed by atoms with Gasteiger partial charge in [0.2, 0.25) is 5.91 Å². The number of hydrogen-bond acceptors (Lipinski definition) is 2. The fourth-order valence-corrected chi connectivity index (χ4v) is 1.65. The van der Waals surface area contributed by atoms with Crippen molar-refractivity contribution in [2.24, 2.45) is 11.7 Å². The summed E-state index contributed by atoms with van der Waals surface area (Å²) < 4.78 is 0. The van der Waals surface area contributed by atoms with Gasteiger partial charge in [-0.2, -0.15) is 0 Å². The highest BCUT2D eigenvalue weighted by molar-refractivity contribution is 5.82. The van der Waals surface area contributed by atoms with Crippen LogP contribution in [0.1, 0.15) is 38.8 Å². The van der Waals surface area contributed by atoms with E-state index < -0.39 is 6.04 Å². The van der Waals surface area contributed by atoms with Crippen LogP contribution in [0, 0.1) is 5.92 Å². The summed E-state index contributed by atoms with van der Waals surface area (Å²) in [6.45, 7) is 6.01. The Hall–Kier alpha value is -1.35. The minimum absolute atomic E-state index is 0.00111. The second-order valence-corrected chi connectivity index (χ2v) is 4.55. The van der Waals surface area contributed by atoms with Gasteiger partial charge in [0.25, 0.3) is 0 Å². The van der Waals surface area contributed by atoms with Gasteiger partial charge in [-0.3, -0.25) is 4.79 Å². The third-order valence-corrected chi connectivity index (χ3v) is 3.22. The lowest BCUT2D eigenvalue weighted by atomic mass is 9.98. The molecule has 0 aliphatic heterocycles. The number of nitrogens with one attached hydrogen (secondary N) is 1. The standard InChI is InChI=1S/C14H22N2O/c1-4-10(2)13(15)14(17)16-11(3)12-8-6-5-7-9-12/h5-11,13H,4,15H2,1-3H3,(H,16,17)/t10?,11?,13-/m0/s1. The first kappa shape index (κ1) is 13.7. The molecular weight excluding hydrogens is 212 g/mol. The Morgan fingerprint density at radius 3 is 2.41 bits per heavy atom. The van der Waals surface area contributed by atoms with Gasteiger partial charge in [-0.1, -0.05) is 50.6 Å². The molecule has 0 aromatic heterocycles. The van der Waals surface area contributed by atoms with Gasteiger partial charge >= 0.3 is 0 Å². The van der Waals surface area contributed by atoms with E-state index in [1.165, 1.54) is 0 Å². The van der Waals surface area contributed by atoms with Crippen LogP contribution < -0.4 is 11.1 Å². The highest BCUT2D eigenvalue weighted by Crippen LogP contribution is 2.12. The lowest BCUT2D eigenvalue weighted by molar-refractivity contribution is -0.124. The van der Waals surface area contributed by atoms with Crippen molar-refractivity contribution in [3.05, 3.63) is 35.9 Å². The van der Waals surface area contributed by atoms with Crippen LogP contribution in [0.15, 0.2) is 30.3 Å². The molecule has 0 bridgehead atoms. The Labute approximate surface area is 103 Å². The SMILES string of the molecule is CCC(C)[C@H](N)C(=O)NC(C)c1ccccc1. The molecule has 1 amide bonds. The van der Waals surface area contributed by atoms with Crippen LogP contribution in [0.2, 0.25) is 0 Å². The Balaban J connectivity index is 2.57. The molecule has 3 nitrogen and oxygen atoms in total. The summed E-state index contributed by atoms with van der Waals surface area (Å²) in [4.78, 5) is 11.9. The quantitative estimate of drug-likeness (QED) is 0.821. The maximum atomic E-state index is 11.9. The maximum Gasteiger partial charge on any atom is 0.237 e. The molecule has 1 rings (SSSR count). The molecule has 1 aromatic rings. The number of rotatable bonds is 5. The maximum absolute atomic E-state index is 11.9. The zero-order chi connectivity index (χ0) is 12.8. The number of carbonyl (C=O) groups excluding carboxylic acids is 1. The molecule has 0 saturated heterocycles. The minimum atomic E-state index is -0.425. The van der Waals surface area contributed by atoms with Crippen LogP contribution in [-0.2, 0) is 4.79 Å². The third kappa shape index (κ3) is 3.86. The first-order valence-electron chi connectivity index (χ1n) is 6.17. The molecule has 17 heavy (non-hydrogen) atoms. The average Bonchev–Trinajstić information content (AvgIpc) is 2.37. The molecule has 0 spiro atoms. The first-order valence-corrected chi connectivity index (χ1v) is 6.17. The molecule has 3 heteroatoms. The lowest BCUT2D eigenvalue weighted by Gasteiger charge is -2.21. The predicted octanol–water partition coefficient (Wildman–Crippen LogP) is 2.24. The van der Waals surface area contributed by atoms with E-state index in [1.54, 1.807) is 0 Å². The van der Waals surface area contributed by atoms with Gasteiger partial charge < -0.3 is 11.1 Å². The second kappa shape index (κ2) is 6.40. The van der Waals surface area contributed by atoms with E-state index in [0.717, 1.165) is 12.0 Å². The van der Waals surface area contributed by atoms with Crippen molar-refractivity contribution in [2.75, 3.05) is 0 Å². The lowest BCUT2D eigenvalue weighted by Crippen LogP contribution is -2.45. The van der Waals surface area contributed by atoms with Crippen molar-refractivity contribution in [3.63, 3.8) is 0 Å². The van der Waals surface area contributed by atoms with Crippen molar-refractivity contribution >= 4 is 5.91 Å². The van der Waals surface area contributed by atoms with E-state index in [-0.39, 0.29) is 17.9 Å². The summed E-state index contributed by atoms with van der Waals surface area (Å²) in [5.41, 5.74) is 6.98. The highest BCUT2D eigenvalue weighted by atomic mass is 16.2. The molecule has 0 saturated carbocycles. The number of carbonyl (C=O) groups is 1. The van der Waals surface area contributed by atoms with Crippen molar-refractivity contribution in [3.8, 4) is 0 Å². The molecule has 0 aliphatic carbocycles. The average molecular weight is 234 g/mol. The second-order valence-electron chi connectivity index (χ2n) is 4.55. The molecule has 1 aromatic carbocycles. The topological polar surface area (TPSA) is 55.1 Å². The predicted molar refractivity (Wildman–Crippen MR) is 70.4 cm³/mol. The van der Waals surface area contributed by atoms with E-state index in [1.807, 2.05) is 51.1 Å². The molecular formula is C14H22N2O. The van der Waals surface area contributed by atoms with Crippen LogP contribution in [-0.4, -0.2) is 11.9 Å². The summed E-state index contributed by atoms with van der Waals surface area (Å²) in [6.07, 6.45) is 0.911. The zero-order valence-corrected chi connectivity index (χ0v) is 10.8. The molecule has 0 radical (unpaired) electrons. The highest BCUT2D eigenvalue weighted by Gasteiger charge is 2.20. The van der Waals surface area contributed by atoms with Crippen LogP contribution in [0.4, 0.5) is 0 Å². The van der Waals surface area contributed by atoms with E-state index >= 15 is 0 Å². The van der Waals surface area contributed by atoms with Crippen LogP contribution in [0.3, 0.4) is 0 Å². The molecule has 0 heterocycles. The van der Waals surface area contributed by atoms with Gasteiger partial charge in [0, 0.05) is 0 Å². The summed E-state index contributed by atoms with van der Waals surface area (Å²) in [5, 5.41) is 2.95. The van der Waals surface area contributed by atoms with Gasteiger partial charge in [0.15, 0.2) is 0 Å². The Kier molecular flexibility index (Phi) is 5.16. The largest absolute Gasteiger partial charge is 0.348 e. The summed E-state index contributed by atoms with van der Waals surface area (Å²) in [5.74, 6) is 0.133. The Morgan fingerprint density at radius 1 is 1.29 bits per heavy atom. The Morgan fingerprint density at radius 2 is 1.88 bits per heavy atom.